The molecular formula is C14H11F2NO2. The van der Waals surface area contributed by atoms with Crippen LogP contribution in [0.3, 0.4) is 0 Å². The molecule has 2 aromatic carbocycles. The minimum Gasteiger partial charge on any atom is -0.478 e. The van der Waals surface area contributed by atoms with Gasteiger partial charge < -0.3 is 10.0 Å². The van der Waals surface area contributed by atoms with Gasteiger partial charge in [-0.15, -0.1) is 0 Å². The summed E-state index contributed by atoms with van der Waals surface area (Å²) in [7, 11) is 1.53. The highest BCUT2D eigenvalue weighted by atomic mass is 19.1. The van der Waals surface area contributed by atoms with Gasteiger partial charge in [0.05, 0.1) is 11.3 Å². The van der Waals surface area contributed by atoms with E-state index < -0.39 is 17.6 Å². The number of carboxylic acids is 1. The molecule has 3 nitrogen and oxygen atoms in total. The van der Waals surface area contributed by atoms with Crippen molar-refractivity contribution in [3.8, 4) is 0 Å². The van der Waals surface area contributed by atoms with Gasteiger partial charge >= 0.3 is 5.97 Å². The van der Waals surface area contributed by atoms with E-state index in [-0.39, 0.29) is 11.3 Å². The van der Waals surface area contributed by atoms with E-state index in [2.05, 4.69) is 0 Å². The van der Waals surface area contributed by atoms with Gasteiger partial charge in [0.1, 0.15) is 11.6 Å². The third-order valence-corrected chi connectivity index (χ3v) is 2.77. The molecule has 19 heavy (non-hydrogen) atoms. The summed E-state index contributed by atoms with van der Waals surface area (Å²) in [5.74, 6) is -2.28. The van der Waals surface area contributed by atoms with Crippen molar-refractivity contribution in [1.82, 2.24) is 0 Å². The average molecular weight is 263 g/mol. The van der Waals surface area contributed by atoms with Crippen LogP contribution in [0.5, 0.6) is 0 Å². The highest BCUT2D eigenvalue weighted by Gasteiger charge is 2.18. The van der Waals surface area contributed by atoms with Gasteiger partial charge in [-0.25, -0.2) is 13.6 Å². The fourth-order valence-electron chi connectivity index (χ4n) is 1.82. The molecule has 0 saturated heterocycles. The number of anilines is 2. The summed E-state index contributed by atoms with van der Waals surface area (Å²) in [5.41, 5.74) is 0.294. The number of aromatic carboxylic acids is 1. The molecule has 0 heterocycles. The van der Waals surface area contributed by atoms with Crippen molar-refractivity contribution < 1.29 is 18.7 Å². The molecule has 0 amide bonds. The predicted octanol–water partition coefficient (Wildman–Crippen LogP) is 3.43. The average Bonchev–Trinajstić information content (AvgIpc) is 2.38. The molecule has 2 rings (SSSR count). The van der Waals surface area contributed by atoms with Crippen LogP contribution >= 0.6 is 0 Å². The second kappa shape index (κ2) is 5.06. The van der Waals surface area contributed by atoms with Crippen LogP contribution in [0, 0.1) is 11.6 Å². The standard InChI is InChI=1S/C14H11F2NO2/c1-17(10-7-5-9(15)6-8-10)13-11(14(18)19)3-2-4-12(13)16/h2-8H,1H3,(H,18,19). The monoisotopic (exact) mass is 263 g/mol. The quantitative estimate of drug-likeness (QED) is 0.922. The van der Waals surface area contributed by atoms with E-state index >= 15 is 0 Å². The van der Waals surface area contributed by atoms with Crippen LogP contribution in [0.15, 0.2) is 42.5 Å². The molecule has 0 saturated carbocycles. The summed E-state index contributed by atoms with van der Waals surface area (Å²) in [4.78, 5) is 12.5. The van der Waals surface area contributed by atoms with Crippen molar-refractivity contribution in [3.63, 3.8) is 0 Å². The maximum Gasteiger partial charge on any atom is 0.337 e. The predicted molar refractivity (Wildman–Crippen MR) is 67.8 cm³/mol. The zero-order valence-electron chi connectivity index (χ0n) is 10.1. The van der Waals surface area contributed by atoms with Crippen LogP contribution in [0.2, 0.25) is 0 Å². The molecule has 0 aliphatic carbocycles. The Morgan fingerprint density at radius 2 is 1.74 bits per heavy atom. The summed E-state index contributed by atoms with van der Waals surface area (Å²) in [5, 5.41) is 9.08. The molecule has 0 aromatic heterocycles. The van der Waals surface area contributed by atoms with E-state index in [9.17, 15) is 13.6 Å². The molecule has 0 aliphatic heterocycles. The number of halogens is 2. The Bertz CT molecular complexity index is 611. The minimum absolute atomic E-state index is 0.0541. The number of benzene rings is 2. The third-order valence-electron chi connectivity index (χ3n) is 2.77. The lowest BCUT2D eigenvalue weighted by atomic mass is 10.1. The van der Waals surface area contributed by atoms with Crippen LogP contribution in [-0.4, -0.2) is 18.1 Å². The SMILES string of the molecule is CN(c1ccc(F)cc1)c1c(F)cccc1C(=O)O. The summed E-state index contributed by atoms with van der Waals surface area (Å²) in [6, 6.07) is 9.20. The van der Waals surface area contributed by atoms with Gasteiger partial charge in [0.2, 0.25) is 0 Å². The van der Waals surface area contributed by atoms with Crippen molar-refractivity contribution in [2.45, 2.75) is 0 Å². The molecular weight excluding hydrogens is 252 g/mol. The zero-order valence-corrected chi connectivity index (χ0v) is 10.1. The molecule has 0 radical (unpaired) electrons. The van der Waals surface area contributed by atoms with Crippen LogP contribution in [-0.2, 0) is 0 Å². The second-order valence-electron chi connectivity index (χ2n) is 3.98. The Morgan fingerprint density at radius 1 is 1.11 bits per heavy atom. The van der Waals surface area contributed by atoms with E-state index in [1.807, 2.05) is 0 Å². The minimum atomic E-state index is -1.22. The van der Waals surface area contributed by atoms with Crippen molar-refractivity contribution in [1.29, 1.82) is 0 Å². The first kappa shape index (κ1) is 13.0. The Hall–Kier alpha value is -2.43. The molecule has 1 N–H and O–H groups in total. The van der Waals surface area contributed by atoms with Crippen LogP contribution < -0.4 is 4.90 Å². The smallest absolute Gasteiger partial charge is 0.337 e. The van der Waals surface area contributed by atoms with E-state index in [1.54, 1.807) is 0 Å². The molecule has 2 aromatic rings. The van der Waals surface area contributed by atoms with Gasteiger partial charge in [0.15, 0.2) is 0 Å². The Kier molecular flexibility index (Phi) is 3.46. The van der Waals surface area contributed by atoms with Gasteiger partial charge in [-0.2, -0.15) is 0 Å². The first-order chi connectivity index (χ1) is 9.00. The van der Waals surface area contributed by atoms with Gasteiger partial charge in [-0.3, -0.25) is 0 Å². The third kappa shape index (κ3) is 2.54. The topological polar surface area (TPSA) is 40.5 Å². The Labute approximate surface area is 108 Å². The van der Waals surface area contributed by atoms with Crippen LogP contribution in [0.4, 0.5) is 20.2 Å². The maximum atomic E-state index is 13.8. The first-order valence-corrected chi connectivity index (χ1v) is 5.52. The molecule has 0 aliphatic rings. The number of hydrogen-bond donors (Lipinski definition) is 1. The number of nitrogens with zero attached hydrogens (tertiary/aromatic N) is 1. The number of hydrogen-bond acceptors (Lipinski definition) is 2. The van der Waals surface area contributed by atoms with Crippen molar-refractivity contribution in [2.75, 3.05) is 11.9 Å². The summed E-state index contributed by atoms with van der Waals surface area (Å²) < 4.78 is 26.7. The fraction of sp³-hybridized carbons (Fsp3) is 0.0714. The summed E-state index contributed by atoms with van der Waals surface area (Å²) in [6.07, 6.45) is 0. The fourth-order valence-corrected chi connectivity index (χ4v) is 1.82. The Balaban J connectivity index is 2.52. The zero-order chi connectivity index (χ0) is 14.0. The lowest BCUT2D eigenvalue weighted by Gasteiger charge is -2.21. The van der Waals surface area contributed by atoms with Gasteiger partial charge in [0, 0.05) is 12.7 Å². The van der Waals surface area contributed by atoms with Crippen molar-refractivity contribution in [2.24, 2.45) is 0 Å². The molecule has 0 fully saturated rings. The van der Waals surface area contributed by atoms with Crippen molar-refractivity contribution >= 4 is 17.3 Å². The van der Waals surface area contributed by atoms with Crippen LogP contribution in [0.25, 0.3) is 0 Å². The molecule has 0 bridgehead atoms. The molecule has 98 valence electrons. The number of rotatable bonds is 3. The Morgan fingerprint density at radius 3 is 2.32 bits per heavy atom. The molecule has 0 unspecified atom stereocenters. The highest BCUT2D eigenvalue weighted by molar-refractivity contribution is 5.95. The summed E-state index contributed by atoms with van der Waals surface area (Å²) in [6.45, 7) is 0. The van der Waals surface area contributed by atoms with E-state index in [1.165, 1.54) is 54.4 Å². The molecule has 5 heteroatoms. The van der Waals surface area contributed by atoms with Gasteiger partial charge in [0.25, 0.3) is 0 Å². The number of carbonyl (C=O) groups is 1. The second-order valence-corrected chi connectivity index (χ2v) is 3.98. The lowest BCUT2D eigenvalue weighted by molar-refractivity contribution is 0.0697. The van der Waals surface area contributed by atoms with E-state index in [0.29, 0.717) is 5.69 Å². The van der Waals surface area contributed by atoms with E-state index in [4.69, 9.17) is 5.11 Å². The normalized spacial score (nSPS) is 10.3. The van der Waals surface area contributed by atoms with Crippen LogP contribution in [0.1, 0.15) is 10.4 Å². The van der Waals surface area contributed by atoms with E-state index in [0.717, 1.165) is 0 Å². The molecule has 0 spiro atoms. The number of carboxylic acid groups (broad SMARTS) is 1. The summed E-state index contributed by atoms with van der Waals surface area (Å²) >= 11 is 0. The largest absolute Gasteiger partial charge is 0.478 e. The van der Waals surface area contributed by atoms with Gasteiger partial charge in [-0.05, 0) is 36.4 Å². The van der Waals surface area contributed by atoms with Crippen molar-refractivity contribution in [3.05, 3.63) is 59.7 Å². The number of para-hydroxylation sites is 1. The first-order valence-electron chi connectivity index (χ1n) is 5.52. The maximum absolute atomic E-state index is 13.8. The highest BCUT2D eigenvalue weighted by Crippen LogP contribution is 2.29. The molecule has 0 atom stereocenters. The lowest BCUT2D eigenvalue weighted by Crippen LogP contribution is -2.15. The van der Waals surface area contributed by atoms with Gasteiger partial charge in [-0.1, -0.05) is 6.07 Å².